The van der Waals surface area contributed by atoms with E-state index in [1.165, 1.54) is 24.3 Å². The van der Waals surface area contributed by atoms with Crippen LogP contribution in [0.1, 0.15) is 37.7 Å². The number of primary amides is 2. The van der Waals surface area contributed by atoms with Crippen molar-refractivity contribution in [2.75, 3.05) is 0 Å². The van der Waals surface area contributed by atoms with Gasteiger partial charge in [0.1, 0.15) is 23.9 Å². The van der Waals surface area contributed by atoms with Gasteiger partial charge in [-0.15, -0.1) is 0 Å². The number of benzene rings is 1. The first-order chi connectivity index (χ1) is 18.2. The van der Waals surface area contributed by atoms with Crippen molar-refractivity contribution in [1.82, 2.24) is 16.0 Å². The van der Waals surface area contributed by atoms with Gasteiger partial charge in [0.15, 0.2) is 0 Å². The third-order valence-electron chi connectivity index (χ3n) is 5.34. The van der Waals surface area contributed by atoms with Crippen LogP contribution in [0.2, 0.25) is 0 Å². The van der Waals surface area contributed by atoms with Crippen LogP contribution in [-0.4, -0.2) is 81.0 Å². The minimum atomic E-state index is -1.61. The molecule has 39 heavy (non-hydrogen) atoms. The van der Waals surface area contributed by atoms with E-state index in [2.05, 4.69) is 16.0 Å². The van der Waals surface area contributed by atoms with Crippen LogP contribution >= 0.6 is 0 Å². The van der Waals surface area contributed by atoms with E-state index < -0.39 is 84.9 Å². The lowest BCUT2D eigenvalue weighted by Crippen LogP contribution is -2.58. The zero-order valence-corrected chi connectivity index (χ0v) is 20.8. The Bertz CT molecular complexity index is 1080. The number of aliphatic carboxylic acids is 2. The number of rotatable bonds is 17. The minimum Gasteiger partial charge on any atom is -0.508 e. The standard InChI is InChI=1S/C23H32N6O10/c24-13(10-18(26)32)20(35)29-16(9-11-1-3-12(30)4-2-11)22(37)27-14(5-7-17(25)31)21(36)28-15(23(38)39)6-8-19(33)34/h1-4,13-16,30H,5-10,24H2,(H2,25,31)(H2,26,32)(H,27,37)(H,28,36)(H,29,35)(H,33,34)(H,38,39). The maximum Gasteiger partial charge on any atom is 0.326 e. The Kier molecular flexibility index (Phi) is 12.8. The van der Waals surface area contributed by atoms with Gasteiger partial charge in [-0.05, 0) is 30.5 Å². The van der Waals surface area contributed by atoms with E-state index >= 15 is 0 Å². The number of hydrogen-bond acceptors (Lipinski definition) is 9. The number of aromatic hydroxyl groups is 1. The van der Waals surface area contributed by atoms with Crippen molar-refractivity contribution >= 4 is 41.5 Å². The number of phenolic OH excluding ortho intramolecular Hbond substituents is 1. The minimum absolute atomic E-state index is 0.0636. The van der Waals surface area contributed by atoms with Crippen molar-refractivity contribution in [2.24, 2.45) is 17.2 Å². The van der Waals surface area contributed by atoms with Crippen molar-refractivity contribution in [3.8, 4) is 5.75 Å². The fourth-order valence-corrected chi connectivity index (χ4v) is 3.29. The lowest BCUT2D eigenvalue weighted by Gasteiger charge is -2.25. The Balaban J connectivity index is 3.17. The van der Waals surface area contributed by atoms with Crippen molar-refractivity contribution in [3.05, 3.63) is 29.8 Å². The number of nitrogens with one attached hydrogen (secondary N) is 3. The largest absolute Gasteiger partial charge is 0.508 e. The maximum absolute atomic E-state index is 13.2. The van der Waals surface area contributed by atoms with Crippen LogP contribution in [0.15, 0.2) is 24.3 Å². The predicted molar refractivity (Wildman–Crippen MR) is 132 cm³/mol. The van der Waals surface area contributed by atoms with Crippen molar-refractivity contribution in [2.45, 2.75) is 62.7 Å². The lowest BCUT2D eigenvalue weighted by molar-refractivity contribution is -0.143. The van der Waals surface area contributed by atoms with Crippen molar-refractivity contribution in [3.63, 3.8) is 0 Å². The van der Waals surface area contributed by atoms with Gasteiger partial charge < -0.3 is 48.5 Å². The van der Waals surface area contributed by atoms with Gasteiger partial charge in [0.2, 0.25) is 29.5 Å². The molecule has 0 bridgehead atoms. The van der Waals surface area contributed by atoms with Crippen LogP contribution in [-0.2, 0) is 40.0 Å². The van der Waals surface area contributed by atoms with Crippen LogP contribution in [0, 0.1) is 0 Å². The Morgan fingerprint density at radius 3 is 1.74 bits per heavy atom. The van der Waals surface area contributed by atoms with Gasteiger partial charge >= 0.3 is 11.9 Å². The third-order valence-corrected chi connectivity index (χ3v) is 5.34. The molecule has 16 nitrogen and oxygen atoms in total. The first-order valence-electron chi connectivity index (χ1n) is 11.6. The molecule has 0 spiro atoms. The molecule has 5 amide bonds. The molecule has 0 saturated heterocycles. The summed E-state index contributed by atoms with van der Waals surface area (Å²) in [6, 6.07) is -0.306. The summed E-state index contributed by atoms with van der Waals surface area (Å²) < 4.78 is 0. The zero-order valence-electron chi connectivity index (χ0n) is 20.8. The molecule has 0 aliphatic carbocycles. The molecule has 0 heterocycles. The maximum atomic E-state index is 13.2. The van der Waals surface area contributed by atoms with Crippen LogP contribution in [0.5, 0.6) is 5.75 Å². The molecular weight excluding hydrogens is 520 g/mol. The Labute approximate surface area is 222 Å². The normalized spacial score (nSPS) is 13.7. The Morgan fingerprint density at radius 2 is 1.23 bits per heavy atom. The van der Waals surface area contributed by atoms with Gasteiger partial charge in [0.05, 0.1) is 12.5 Å². The van der Waals surface area contributed by atoms with Gasteiger partial charge in [-0.1, -0.05) is 12.1 Å². The molecule has 0 saturated carbocycles. The van der Waals surface area contributed by atoms with E-state index in [9.17, 15) is 43.8 Å². The molecule has 0 radical (unpaired) electrons. The number of hydrogen-bond donors (Lipinski definition) is 9. The molecule has 4 atom stereocenters. The molecule has 214 valence electrons. The summed E-state index contributed by atoms with van der Waals surface area (Å²) in [6.07, 6.45) is -2.44. The van der Waals surface area contributed by atoms with Crippen LogP contribution in [0.25, 0.3) is 0 Å². The second kappa shape index (κ2) is 15.5. The van der Waals surface area contributed by atoms with Gasteiger partial charge in [-0.25, -0.2) is 4.79 Å². The Hall–Kier alpha value is -4.73. The number of carboxylic acids is 2. The van der Waals surface area contributed by atoms with E-state index in [1.54, 1.807) is 0 Å². The fourth-order valence-electron chi connectivity index (χ4n) is 3.29. The summed E-state index contributed by atoms with van der Waals surface area (Å²) in [6.45, 7) is 0. The fraction of sp³-hybridized carbons (Fsp3) is 0.435. The predicted octanol–water partition coefficient (Wildman–Crippen LogP) is -3.19. The highest BCUT2D eigenvalue weighted by atomic mass is 16.4. The first-order valence-corrected chi connectivity index (χ1v) is 11.6. The van der Waals surface area contributed by atoms with E-state index in [0.29, 0.717) is 5.56 Å². The highest BCUT2D eigenvalue weighted by Crippen LogP contribution is 2.12. The molecule has 0 aliphatic rings. The summed E-state index contributed by atoms with van der Waals surface area (Å²) >= 11 is 0. The van der Waals surface area contributed by atoms with Gasteiger partial charge in [0, 0.05) is 19.3 Å². The number of amides is 5. The van der Waals surface area contributed by atoms with E-state index in [1.807, 2.05) is 0 Å². The molecule has 0 aromatic heterocycles. The second-order valence-corrected chi connectivity index (χ2v) is 8.61. The van der Waals surface area contributed by atoms with Crippen molar-refractivity contribution in [1.29, 1.82) is 0 Å². The lowest BCUT2D eigenvalue weighted by atomic mass is 10.0. The average molecular weight is 553 g/mol. The smallest absolute Gasteiger partial charge is 0.326 e. The monoisotopic (exact) mass is 552 g/mol. The van der Waals surface area contributed by atoms with Crippen LogP contribution < -0.4 is 33.2 Å². The molecule has 1 aromatic carbocycles. The highest BCUT2D eigenvalue weighted by Gasteiger charge is 2.31. The summed E-state index contributed by atoms with van der Waals surface area (Å²) in [5, 5.41) is 34.4. The molecular formula is C23H32N6O10. The number of carbonyl (C=O) groups is 7. The van der Waals surface area contributed by atoms with Gasteiger partial charge in [0.25, 0.3) is 0 Å². The molecule has 1 aromatic rings. The zero-order chi connectivity index (χ0) is 29.7. The molecule has 0 aliphatic heterocycles. The van der Waals surface area contributed by atoms with Gasteiger partial charge in [-0.3, -0.25) is 28.8 Å². The summed E-state index contributed by atoms with van der Waals surface area (Å²) in [7, 11) is 0. The highest BCUT2D eigenvalue weighted by molar-refractivity contribution is 5.95. The number of carbonyl (C=O) groups excluding carboxylic acids is 5. The van der Waals surface area contributed by atoms with E-state index in [-0.39, 0.29) is 25.0 Å². The number of nitrogens with two attached hydrogens (primary N) is 3. The van der Waals surface area contributed by atoms with E-state index in [0.717, 1.165) is 0 Å². The topological polar surface area (TPSA) is 294 Å². The van der Waals surface area contributed by atoms with Crippen LogP contribution in [0.3, 0.4) is 0 Å². The molecule has 1 rings (SSSR count). The number of phenols is 1. The quantitative estimate of drug-likeness (QED) is 0.0927. The first kappa shape index (κ1) is 32.3. The molecule has 0 fully saturated rings. The summed E-state index contributed by atoms with van der Waals surface area (Å²) in [5.74, 6) is -7.46. The number of carboxylic acid groups (broad SMARTS) is 2. The Morgan fingerprint density at radius 1 is 0.718 bits per heavy atom. The molecule has 12 N–H and O–H groups in total. The third kappa shape index (κ3) is 12.4. The van der Waals surface area contributed by atoms with Gasteiger partial charge in [-0.2, -0.15) is 0 Å². The van der Waals surface area contributed by atoms with Crippen LogP contribution in [0.4, 0.5) is 0 Å². The molecule has 16 heteroatoms. The van der Waals surface area contributed by atoms with Crippen molar-refractivity contribution < 1.29 is 48.9 Å². The summed E-state index contributed by atoms with van der Waals surface area (Å²) in [4.78, 5) is 83.3. The SMILES string of the molecule is NC(=O)CCC(NC(=O)C(Cc1ccc(O)cc1)NC(=O)C(N)CC(N)=O)C(=O)NC(CCC(=O)O)C(=O)O. The summed E-state index contributed by atoms with van der Waals surface area (Å²) in [5.41, 5.74) is 16.3. The second-order valence-electron chi connectivity index (χ2n) is 8.61. The van der Waals surface area contributed by atoms with E-state index in [4.69, 9.17) is 22.3 Å². The average Bonchev–Trinajstić information content (AvgIpc) is 2.83. The molecule has 4 unspecified atom stereocenters.